The van der Waals surface area contributed by atoms with Gasteiger partial charge in [0.15, 0.2) is 11.8 Å². The fourth-order valence-corrected chi connectivity index (χ4v) is 3.46. The van der Waals surface area contributed by atoms with Gasteiger partial charge in [-0.2, -0.15) is 4.98 Å². The maximum Gasteiger partial charge on any atom is 0.228 e. The summed E-state index contributed by atoms with van der Waals surface area (Å²) in [7, 11) is 1.81. The molecular weight excluding hydrogens is 330 g/mol. The fourth-order valence-electron chi connectivity index (χ4n) is 3.46. The maximum atomic E-state index is 5.59. The summed E-state index contributed by atoms with van der Waals surface area (Å²) in [5, 5.41) is 10.8. The van der Waals surface area contributed by atoms with Crippen LogP contribution in [0.3, 0.4) is 0 Å². The van der Waals surface area contributed by atoms with Crippen LogP contribution in [0.2, 0.25) is 0 Å². The minimum Gasteiger partial charge on any atom is -0.382 e. The Hall–Kier alpha value is -1.63. The molecule has 0 amide bonds. The van der Waals surface area contributed by atoms with Crippen LogP contribution in [0.25, 0.3) is 0 Å². The second-order valence-electron chi connectivity index (χ2n) is 7.46. The minimum atomic E-state index is 0.286. The molecule has 1 fully saturated rings. The van der Waals surface area contributed by atoms with Gasteiger partial charge in [0.25, 0.3) is 0 Å². The van der Waals surface area contributed by atoms with E-state index < -0.39 is 0 Å². The van der Waals surface area contributed by atoms with Crippen molar-refractivity contribution in [3.05, 3.63) is 11.7 Å². The summed E-state index contributed by atoms with van der Waals surface area (Å²) in [6, 6.07) is 0. The molecule has 1 aromatic heterocycles. The molecular formula is C19H35N5O2. The predicted molar refractivity (Wildman–Crippen MR) is 103 cm³/mol. The molecule has 0 aromatic carbocycles. The van der Waals surface area contributed by atoms with E-state index >= 15 is 0 Å². The van der Waals surface area contributed by atoms with Gasteiger partial charge in [-0.25, -0.2) is 0 Å². The van der Waals surface area contributed by atoms with Crippen molar-refractivity contribution < 1.29 is 9.26 Å². The molecule has 2 rings (SSSR count). The number of hydrogen-bond donors (Lipinski definition) is 2. The lowest BCUT2D eigenvalue weighted by Crippen LogP contribution is -2.44. The highest BCUT2D eigenvalue weighted by atomic mass is 16.5. The molecule has 0 bridgehead atoms. The third-order valence-corrected chi connectivity index (χ3v) is 5.13. The number of rotatable bonds is 10. The average Bonchev–Trinajstić information content (AvgIpc) is 3.28. The summed E-state index contributed by atoms with van der Waals surface area (Å²) < 4.78 is 10.9. The van der Waals surface area contributed by atoms with E-state index in [1.807, 2.05) is 0 Å². The summed E-state index contributed by atoms with van der Waals surface area (Å²) in [4.78, 5) is 8.74. The number of nitrogens with zero attached hydrogens (tertiary/aromatic N) is 3. The summed E-state index contributed by atoms with van der Waals surface area (Å²) >= 11 is 0. The summed E-state index contributed by atoms with van der Waals surface area (Å²) in [6.07, 6.45) is 6.97. The van der Waals surface area contributed by atoms with Gasteiger partial charge in [0.1, 0.15) is 0 Å². The first-order chi connectivity index (χ1) is 12.6. The topological polar surface area (TPSA) is 84.6 Å². The highest BCUT2D eigenvalue weighted by Gasteiger charge is 2.33. The second-order valence-corrected chi connectivity index (χ2v) is 7.46. The number of aliphatic imine (C=N–C) groups is 1. The predicted octanol–water partition coefficient (Wildman–Crippen LogP) is 2.89. The van der Waals surface area contributed by atoms with Gasteiger partial charge in [0.05, 0.1) is 0 Å². The van der Waals surface area contributed by atoms with Crippen LogP contribution in [0.15, 0.2) is 9.52 Å². The molecule has 0 unspecified atom stereocenters. The molecule has 1 aliphatic carbocycles. The maximum absolute atomic E-state index is 5.59. The van der Waals surface area contributed by atoms with Crippen LogP contribution in [0.1, 0.15) is 70.5 Å². The highest BCUT2D eigenvalue weighted by Crippen LogP contribution is 2.40. The van der Waals surface area contributed by atoms with Gasteiger partial charge in [-0.3, -0.25) is 4.99 Å². The van der Waals surface area contributed by atoms with E-state index in [1.165, 1.54) is 25.7 Å². The zero-order valence-electron chi connectivity index (χ0n) is 16.8. The standard InChI is InChI=1S/C19H35N5O2/c1-5-25-13-11-19(9-6-7-10-19)14-22-18(20-4)21-12-8-16-23-17(15(2)3)24-26-16/h15H,5-14H2,1-4H3,(H2,20,21,22). The molecule has 0 aliphatic heterocycles. The van der Waals surface area contributed by atoms with Crippen LogP contribution >= 0.6 is 0 Å². The lowest BCUT2D eigenvalue weighted by molar-refractivity contribution is 0.105. The Labute approximate surface area is 157 Å². The van der Waals surface area contributed by atoms with Crippen molar-refractivity contribution in [3.63, 3.8) is 0 Å². The van der Waals surface area contributed by atoms with E-state index in [2.05, 4.69) is 46.5 Å². The van der Waals surface area contributed by atoms with Crippen molar-refractivity contribution >= 4 is 5.96 Å². The Morgan fingerprint density at radius 1 is 1.31 bits per heavy atom. The number of ether oxygens (including phenoxy) is 1. The molecule has 0 radical (unpaired) electrons. The molecule has 1 heterocycles. The monoisotopic (exact) mass is 365 g/mol. The quantitative estimate of drug-likeness (QED) is 0.377. The molecule has 1 saturated carbocycles. The highest BCUT2D eigenvalue weighted by molar-refractivity contribution is 5.79. The van der Waals surface area contributed by atoms with E-state index in [-0.39, 0.29) is 5.92 Å². The Kier molecular flexibility index (Phi) is 8.35. The molecule has 0 spiro atoms. The van der Waals surface area contributed by atoms with Crippen LogP contribution < -0.4 is 10.6 Å². The third-order valence-electron chi connectivity index (χ3n) is 5.13. The largest absolute Gasteiger partial charge is 0.382 e. The van der Waals surface area contributed by atoms with Gasteiger partial charge < -0.3 is 19.9 Å². The smallest absolute Gasteiger partial charge is 0.228 e. The Balaban J connectivity index is 1.75. The van der Waals surface area contributed by atoms with Crippen molar-refractivity contribution in [2.24, 2.45) is 10.4 Å². The summed E-state index contributed by atoms with van der Waals surface area (Å²) in [6.45, 7) is 9.47. The number of guanidine groups is 1. The molecule has 148 valence electrons. The zero-order chi connectivity index (χ0) is 18.8. The third kappa shape index (κ3) is 6.27. The first-order valence-corrected chi connectivity index (χ1v) is 9.93. The van der Waals surface area contributed by atoms with Gasteiger partial charge in [-0.05, 0) is 31.6 Å². The van der Waals surface area contributed by atoms with E-state index in [1.54, 1.807) is 7.05 Å². The molecule has 7 nitrogen and oxygen atoms in total. The van der Waals surface area contributed by atoms with Gasteiger partial charge in [0, 0.05) is 45.7 Å². The van der Waals surface area contributed by atoms with Crippen LogP contribution in [0.4, 0.5) is 0 Å². The van der Waals surface area contributed by atoms with Crippen LogP contribution in [0, 0.1) is 5.41 Å². The lowest BCUT2D eigenvalue weighted by atomic mass is 9.83. The first kappa shape index (κ1) is 20.7. The Bertz CT molecular complexity index is 550. The van der Waals surface area contributed by atoms with Crippen molar-refractivity contribution in [2.75, 3.05) is 33.4 Å². The molecule has 2 N–H and O–H groups in total. The SMILES string of the molecule is CCOCCC1(CNC(=NC)NCCc2nc(C(C)C)no2)CCCC1. The molecule has 1 aliphatic rings. The molecule has 1 aromatic rings. The summed E-state index contributed by atoms with van der Waals surface area (Å²) in [5.41, 5.74) is 0.339. The normalized spacial score (nSPS) is 17.0. The second kappa shape index (κ2) is 10.5. The van der Waals surface area contributed by atoms with Crippen molar-refractivity contribution in [1.29, 1.82) is 0 Å². The van der Waals surface area contributed by atoms with E-state index in [0.29, 0.717) is 24.3 Å². The Morgan fingerprint density at radius 2 is 2.08 bits per heavy atom. The van der Waals surface area contributed by atoms with Crippen LogP contribution in [-0.4, -0.2) is 49.5 Å². The van der Waals surface area contributed by atoms with Gasteiger partial charge in [-0.1, -0.05) is 31.8 Å². The van der Waals surface area contributed by atoms with E-state index in [0.717, 1.165) is 38.0 Å². The van der Waals surface area contributed by atoms with Crippen LogP contribution in [0.5, 0.6) is 0 Å². The van der Waals surface area contributed by atoms with Crippen LogP contribution in [-0.2, 0) is 11.2 Å². The van der Waals surface area contributed by atoms with E-state index in [9.17, 15) is 0 Å². The van der Waals surface area contributed by atoms with Gasteiger partial charge >= 0.3 is 0 Å². The zero-order valence-corrected chi connectivity index (χ0v) is 16.8. The van der Waals surface area contributed by atoms with E-state index in [4.69, 9.17) is 9.26 Å². The molecule has 0 atom stereocenters. The number of aromatic nitrogens is 2. The molecule has 0 saturated heterocycles. The fraction of sp³-hybridized carbons (Fsp3) is 0.842. The lowest BCUT2D eigenvalue weighted by Gasteiger charge is -2.30. The first-order valence-electron chi connectivity index (χ1n) is 9.93. The van der Waals surface area contributed by atoms with Crippen molar-refractivity contribution in [3.8, 4) is 0 Å². The van der Waals surface area contributed by atoms with Gasteiger partial charge in [0.2, 0.25) is 5.89 Å². The van der Waals surface area contributed by atoms with Crippen molar-refractivity contribution in [2.45, 2.75) is 65.2 Å². The number of hydrogen-bond acceptors (Lipinski definition) is 5. The Morgan fingerprint density at radius 3 is 2.69 bits per heavy atom. The van der Waals surface area contributed by atoms with Gasteiger partial charge in [-0.15, -0.1) is 0 Å². The van der Waals surface area contributed by atoms with Crippen molar-refractivity contribution in [1.82, 2.24) is 20.8 Å². The molecule has 26 heavy (non-hydrogen) atoms. The average molecular weight is 366 g/mol. The summed E-state index contributed by atoms with van der Waals surface area (Å²) in [5.74, 6) is 2.55. The molecule has 7 heteroatoms. The minimum absolute atomic E-state index is 0.286. The number of nitrogens with one attached hydrogen (secondary N) is 2.